The Bertz CT molecular complexity index is 713. The highest BCUT2D eigenvalue weighted by Gasteiger charge is 2.16. The molecule has 2 aromatic carbocycles. The average Bonchev–Trinajstić information content (AvgIpc) is 2.56. The number of nitrogens with one attached hydrogen (secondary N) is 1. The third kappa shape index (κ3) is 4.17. The second-order valence-corrected chi connectivity index (χ2v) is 5.87. The number of para-hydroxylation sites is 1. The first-order valence-electron chi connectivity index (χ1n) is 7.04. The van der Waals surface area contributed by atoms with Crippen LogP contribution in [0.25, 0.3) is 0 Å². The van der Waals surface area contributed by atoms with Gasteiger partial charge in [-0.15, -0.1) is 0 Å². The van der Waals surface area contributed by atoms with Crippen LogP contribution in [0, 0.1) is 6.92 Å². The Morgan fingerprint density at radius 3 is 2.25 bits per heavy atom. The monoisotopic (exact) mass is 353 g/mol. The van der Waals surface area contributed by atoms with E-state index < -0.39 is 11.7 Å². The van der Waals surface area contributed by atoms with Crippen LogP contribution < -0.4 is 14.8 Å². The molecular weight excluding hydrogens is 336 g/mol. The lowest BCUT2D eigenvalue weighted by molar-refractivity contribution is 0.102. The first kappa shape index (κ1) is 18.1. The molecule has 0 bridgehead atoms. The highest BCUT2D eigenvalue weighted by Crippen LogP contribution is 2.33. The van der Waals surface area contributed by atoms with Crippen molar-refractivity contribution >= 4 is 23.4 Å². The second kappa shape index (κ2) is 8.01. The third-order valence-corrected chi connectivity index (χ3v) is 4.15. The molecule has 0 spiro atoms. The second-order valence-electron chi connectivity index (χ2n) is 4.83. The van der Waals surface area contributed by atoms with Gasteiger partial charge in [0.1, 0.15) is 11.5 Å². The van der Waals surface area contributed by atoms with Crippen LogP contribution in [0.4, 0.5) is 14.5 Å². The van der Waals surface area contributed by atoms with Crippen LogP contribution in [-0.4, -0.2) is 25.9 Å². The molecular formula is C17H17F2NO3S. The van der Waals surface area contributed by atoms with Gasteiger partial charge in [-0.25, -0.2) is 0 Å². The van der Waals surface area contributed by atoms with Crippen LogP contribution in [0.2, 0.25) is 0 Å². The summed E-state index contributed by atoms with van der Waals surface area (Å²) in [6.07, 6.45) is 0. The number of ether oxygens (including phenoxy) is 2. The highest BCUT2D eigenvalue weighted by molar-refractivity contribution is 7.99. The van der Waals surface area contributed by atoms with E-state index in [1.807, 2.05) is 6.92 Å². The minimum Gasteiger partial charge on any atom is -0.496 e. The first-order chi connectivity index (χ1) is 11.5. The number of thioether (sulfide) groups is 1. The van der Waals surface area contributed by atoms with Crippen molar-refractivity contribution in [2.45, 2.75) is 17.6 Å². The molecule has 0 fully saturated rings. The smallest absolute Gasteiger partial charge is 0.288 e. The van der Waals surface area contributed by atoms with E-state index in [2.05, 4.69) is 5.32 Å². The number of carbonyl (C=O) groups excluding carboxylic acids is 1. The van der Waals surface area contributed by atoms with Gasteiger partial charge < -0.3 is 14.8 Å². The van der Waals surface area contributed by atoms with Crippen LogP contribution in [0.3, 0.4) is 0 Å². The molecule has 0 aliphatic heterocycles. The Hall–Kier alpha value is -2.28. The van der Waals surface area contributed by atoms with Crippen molar-refractivity contribution in [1.82, 2.24) is 0 Å². The molecule has 0 radical (unpaired) electrons. The lowest BCUT2D eigenvalue weighted by Gasteiger charge is -2.14. The third-order valence-electron chi connectivity index (χ3n) is 3.37. The van der Waals surface area contributed by atoms with Gasteiger partial charge in [-0.3, -0.25) is 4.79 Å². The molecule has 2 aromatic rings. The van der Waals surface area contributed by atoms with Crippen LogP contribution in [-0.2, 0) is 0 Å². The van der Waals surface area contributed by atoms with E-state index in [1.165, 1.54) is 20.3 Å². The zero-order valence-corrected chi connectivity index (χ0v) is 14.2. The number of halogens is 2. The standard InChI is InChI=1S/C17H17F2NO3S/c1-10-13(22-2)8-11(9-14(10)23-3)16(21)20-12-6-4-5-7-15(12)24-17(18)19/h4-9,17H,1-3H3,(H,20,21). The maximum absolute atomic E-state index is 12.6. The molecule has 0 aliphatic carbocycles. The van der Waals surface area contributed by atoms with Crippen molar-refractivity contribution in [2.75, 3.05) is 19.5 Å². The summed E-state index contributed by atoms with van der Waals surface area (Å²) in [6.45, 7) is 1.81. The highest BCUT2D eigenvalue weighted by atomic mass is 32.2. The minimum absolute atomic E-state index is 0.298. The Kier molecular flexibility index (Phi) is 6.03. The molecule has 0 heterocycles. The summed E-state index contributed by atoms with van der Waals surface area (Å²) < 4.78 is 35.7. The Balaban J connectivity index is 2.31. The summed E-state index contributed by atoms with van der Waals surface area (Å²) >= 11 is 0.383. The van der Waals surface area contributed by atoms with Gasteiger partial charge in [0.15, 0.2) is 0 Å². The number of hydrogen-bond acceptors (Lipinski definition) is 4. The van der Waals surface area contributed by atoms with Gasteiger partial charge in [-0.1, -0.05) is 23.9 Å². The van der Waals surface area contributed by atoms with Crippen molar-refractivity contribution in [3.05, 3.63) is 47.5 Å². The van der Waals surface area contributed by atoms with E-state index in [9.17, 15) is 13.6 Å². The molecule has 0 unspecified atom stereocenters. The van der Waals surface area contributed by atoms with Crippen molar-refractivity contribution < 1.29 is 23.0 Å². The summed E-state index contributed by atoms with van der Waals surface area (Å²) in [5, 5.41) is 2.65. The Morgan fingerprint density at radius 2 is 1.71 bits per heavy atom. The lowest BCUT2D eigenvalue weighted by atomic mass is 10.1. The van der Waals surface area contributed by atoms with E-state index in [0.717, 1.165) is 5.56 Å². The number of carbonyl (C=O) groups is 1. The fraction of sp³-hybridized carbons (Fsp3) is 0.235. The Morgan fingerprint density at radius 1 is 1.12 bits per heavy atom. The van der Waals surface area contributed by atoms with Gasteiger partial charge in [0, 0.05) is 16.0 Å². The van der Waals surface area contributed by atoms with Crippen LogP contribution in [0.5, 0.6) is 11.5 Å². The van der Waals surface area contributed by atoms with Gasteiger partial charge in [0.2, 0.25) is 0 Å². The minimum atomic E-state index is -2.57. The number of alkyl halides is 2. The molecule has 0 aliphatic rings. The number of benzene rings is 2. The summed E-state index contributed by atoms with van der Waals surface area (Å²) in [6, 6.07) is 9.57. The average molecular weight is 353 g/mol. The molecule has 4 nitrogen and oxygen atoms in total. The van der Waals surface area contributed by atoms with Crippen molar-refractivity contribution in [3.8, 4) is 11.5 Å². The van der Waals surface area contributed by atoms with Crippen LogP contribution >= 0.6 is 11.8 Å². The molecule has 0 saturated carbocycles. The quantitative estimate of drug-likeness (QED) is 0.772. The summed E-state index contributed by atoms with van der Waals surface area (Å²) in [5.74, 6) is -1.99. The predicted octanol–water partition coefficient (Wildman–Crippen LogP) is 4.58. The van der Waals surface area contributed by atoms with E-state index >= 15 is 0 Å². The van der Waals surface area contributed by atoms with E-state index in [-0.39, 0.29) is 0 Å². The molecule has 0 aromatic heterocycles. The summed E-state index contributed by atoms with van der Waals surface area (Å²) in [4.78, 5) is 12.8. The number of rotatable bonds is 6. The molecule has 0 saturated heterocycles. The predicted molar refractivity (Wildman–Crippen MR) is 90.5 cm³/mol. The summed E-state index contributed by atoms with van der Waals surface area (Å²) in [7, 11) is 3.00. The van der Waals surface area contributed by atoms with Gasteiger partial charge in [0.05, 0.1) is 19.9 Å². The van der Waals surface area contributed by atoms with E-state index in [0.29, 0.717) is 39.4 Å². The molecule has 7 heteroatoms. The zero-order valence-electron chi connectivity index (χ0n) is 13.4. The largest absolute Gasteiger partial charge is 0.496 e. The fourth-order valence-electron chi connectivity index (χ4n) is 2.18. The number of anilines is 1. The normalized spacial score (nSPS) is 10.6. The molecule has 2 rings (SSSR count). The topological polar surface area (TPSA) is 47.6 Å². The molecule has 24 heavy (non-hydrogen) atoms. The number of hydrogen-bond donors (Lipinski definition) is 1. The molecule has 0 atom stereocenters. The number of amides is 1. The number of methoxy groups -OCH3 is 2. The maximum atomic E-state index is 12.6. The summed E-state index contributed by atoms with van der Waals surface area (Å²) in [5.41, 5.74) is 1.41. The van der Waals surface area contributed by atoms with Crippen molar-refractivity contribution in [3.63, 3.8) is 0 Å². The SMILES string of the molecule is COc1cc(C(=O)Nc2ccccc2SC(F)F)cc(OC)c1C. The zero-order chi connectivity index (χ0) is 17.7. The molecule has 1 amide bonds. The van der Waals surface area contributed by atoms with E-state index in [1.54, 1.807) is 30.3 Å². The molecule has 128 valence electrons. The van der Waals surface area contributed by atoms with Gasteiger partial charge >= 0.3 is 0 Å². The van der Waals surface area contributed by atoms with Gasteiger partial charge in [-0.05, 0) is 31.2 Å². The lowest BCUT2D eigenvalue weighted by Crippen LogP contribution is -2.13. The van der Waals surface area contributed by atoms with Crippen molar-refractivity contribution in [2.24, 2.45) is 0 Å². The molecule has 1 N–H and O–H groups in total. The maximum Gasteiger partial charge on any atom is 0.288 e. The van der Waals surface area contributed by atoms with Gasteiger partial charge in [0.25, 0.3) is 11.7 Å². The Labute approximate surface area is 143 Å². The van der Waals surface area contributed by atoms with Crippen molar-refractivity contribution in [1.29, 1.82) is 0 Å². The fourth-order valence-corrected chi connectivity index (χ4v) is 2.78. The first-order valence-corrected chi connectivity index (χ1v) is 7.92. The van der Waals surface area contributed by atoms with E-state index in [4.69, 9.17) is 9.47 Å². The van der Waals surface area contributed by atoms with Gasteiger partial charge in [-0.2, -0.15) is 8.78 Å². The van der Waals surface area contributed by atoms with Crippen LogP contribution in [0.1, 0.15) is 15.9 Å². The van der Waals surface area contributed by atoms with Crippen LogP contribution in [0.15, 0.2) is 41.3 Å².